The molecule has 0 aliphatic carbocycles. The molecule has 1 N–H and O–H groups in total. The van der Waals surface area contributed by atoms with Crippen molar-refractivity contribution in [1.29, 1.82) is 0 Å². The van der Waals surface area contributed by atoms with Crippen molar-refractivity contribution in [2.75, 3.05) is 6.54 Å². The van der Waals surface area contributed by atoms with E-state index in [9.17, 15) is 14.4 Å². The van der Waals surface area contributed by atoms with Crippen LogP contribution >= 0.6 is 11.3 Å². The van der Waals surface area contributed by atoms with Gasteiger partial charge in [-0.15, -0.1) is 11.3 Å². The van der Waals surface area contributed by atoms with Crippen LogP contribution in [0.5, 0.6) is 0 Å². The fourth-order valence-corrected chi connectivity index (χ4v) is 3.57. The Morgan fingerprint density at radius 1 is 1.20 bits per heavy atom. The molecule has 0 fully saturated rings. The molecule has 1 unspecified atom stereocenters. The summed E-state index contributed by atoms with van der Waals surface area (Å²) in [4.78, 5) is 42.4. The molecule has 7 heteroatoms. The van der Waals surface area contributed by atoms with E-state index in [1.807, 2.05) is 5.38 Å². The average Bonchev–Trinajstić information content (AvgIpc) is 3.18. The van der Waals surface area contributed by atoms with E-state index in [0.717, 1.165) is 16.3 Å². The molecule has 0 spiro atoms. The van der Waals surface area contributed by atoms with Gasteiger partial charge < -0.3 is 5.32 Å². The van der Waals surface area contributed by atoms with Crippen LogP contribution in [0.15, 0.2) is 35.8 Å². The summed E-state index contributed by atoms with van der Waals surface area (Å²) < 4.78 is 0. The number of aromatic nitrogens is 1. The number of fused-ring (bicyclic) bond motifs is 1. The van der Waals surface area contributed by atoms with Gasteiger partial charge in [-0.05, 0) is 24.5 Å². The largest absolute Gasteiger partial charge is 0.345 e. The molecule has 1 aromatic heterocycles. The molecule has 130 valence electrons. The topological polar surface area (TPSA) is 79.4 Å². The molecular formula is C18H19N3O3S. The molecule has 3 rings (SSSR count). The molecule has 2 heterocycles. The molecule has 1 aromatic carbocycles. The number of rotatable bonds is 6. The number of carbonyl (C=O) groups excluding carboxylic acids is 3. The first-order valence-electron chi connectivity index (χ1n) is 8.11. The first-order valence-corrected chi connectivity index (χ1v) is 8.99. The molecule has 0 saturated heterocycles. The first kappa shape index (κ1) is 17.3. The Morgan fingerprint density at radius 3 is 2.36 bits per heavy atom. The third-order valence-electron chi connectivity index (χ3n) is 3.97. The van der Waals surface area contributed by atoms with E-state index >= 15 is 0 Å². The Morgan fingerprint density at radius 2 is 1.84 bits per heavy atom. The van der Waals surface area contributed by atoms with Crippen molar-refractivity contribution in [1.82, 2.24) is 15.2 Å². The first-order chi connectivity index (χ1) is 12.0. The second kappa shape index (κ2) is 7.14. The number of carbonyl (C=O) groups is 3. The molecule has 2 aromatic rings. The molecule has 3 amide bonds. The highest BCUT2D eigenvalue weighted by atomic mass is 32.1. The summed E-state index contributed by atoms with van der Waals surface area (Å²) >= 11 is 1.48. The minimum absolute atomic E-state index is 0.220. The van der Waals surface area contributed by atoms with Crippen LogP contribution < -0.4 is 5.32 Å². The Balaban J connectivity index is 1.70. The Bertz CT molecular complexity index is 767. The summed E-state index contributed by atoms with van der Waals surface area (Å²) in [6, 6.07) is 6.39. The SMILES string of the molecule is CC(C)CC(NC(=O)CN1C(=O)c2ccccc2C1=O)c1nccs1. The summed E-state index contributed by atoms with van der Waals surface area (Å²) in [6.45, 7) is 3.85. The van der Waals surface area contributed by atoms with Gasteiger partial charge in [-0.25, -0.2) is 4.98 Å². The van der Waals surface area contributed by atoms with E-state index in [2.05, 4.69) is 24.1 Å². The number of amides is 3. The Hall–Kier alpha value is -2.54. The molecule has 0 bridgehead atoms. The summed E-state index contributed by atoms with van der Waals surface area (Å²) in [7, 11) is 0. The van der Waals surface area contributed by atoms with Crippen molar-refractivity contribution in [3.8, 4) is 0 Å². The van der Waals surface area contributed by atoms with E-state index in [0.29, 0.717) is 17.0 Å². The van der Waals surface area contributed by atoms with Crippen molar-refractivity contribution >= 4 is 29.1 Å². The highest BCUT2D eigenvalue weighted by molar-refractivity contribution is 7.09. The minimum atomic E-state index is -0.426. The maximum absolute atomic E-state index is 12.4. The van der Waals surface area contributed by atoms with Gasteiger partial charge in [0.25, 0.3) is 11.8 Å². The molecule has 6 nitrogen and oxygen atoms in total. The van der Waals surface area contributed by atoms with Gasteiger partial charge in [0.05, 0.1) is 17.2 Å². The standard InChI is InChI=1S/C18H19N3O3S/c1-11(2)9-14(16-19-7-8-25-16)20-15(22)10-21-17(23)12-5-3-4-6-13(12)18(21)24/h3-8,11,14H,9-10H2,1-2H3,(H,20,22). The van der Waals surface area contributed by atoms with Crippen molar-refractivity contribution in [2.45, 2.75) is 26.3 Å². The van der Waals surface area contributed by atoms with Crippen molar-refractivity contribution in [2.24, 2.45) is 5.92 Å². The number of hydrogen-bond acceptors (Lipinski definition) is 5. The summed E-state index contributed by atoms with van der Waals surface area (Å²) in [5.74, 6) is -0.848. The number of benzene rings is 1. The van der Waals surface area contributed by atoms with Gasteiger partial charge in [-0.3, -0.25) is 19.3 Å². The van der Waals surface area contributed by atoms with Gasteiger partial charge in [-0.1, -0.05) is 26.0 Å². The van der Waals surface area contributed by atoms with Gasteiger partial charge in [0.2, 0.25) is 5.91 Å². The molecular weight excluding hydrogens is 338 g/mol. The van der Waals surface area contributed by atoms with E-state index in [1.54, 1.807) is 30.5 Å². The molecule has 0 radical (unpaired) electrons. The molecule has 1 atom stereocenters. The van der Waals surface area contributed by atoms with Crippen LogP contribution in [0.4, 0.5) is 0 Å². The van der Waals surface area contributed by atoms with Crippen LogP contribution in [0, 0.1) is 5.92 Å². The van der Waals surface area contributed by atoms with Gasteiger partial charge in [0.15, 0.2) is 0 Å². The van der Waals surface area contributed by atoms with Crippen LogP contribution in [0.25, 0.3) is 0 Å². The van der Waals surface area contributed by atoms with Gasteiger partial charge in [-0.2, -0.15) is 0 Å². The zero-order chi connectivity index (χ0) is 18.0. The highest BCUT2D eigenvalue weighted by Crippen LogP contribution is 2.24. The Kier molecular flexibility index (Phi) is 4.94. The van der Waals surface area contributed by atoms with E-state index < -0.39 is 11.8 Å². The molecule has 1 aliphatic rings. The fraction of sp³-hybridized carbons (Fsp3) is 0.333. The van der Waals surface area contributed by atoms with E-state index in [1.165, 1.54) is 11.3 Å². The number of nitrogens with one attached hydrogen (secondary N) is 1. The highest BCUT2D eigenvalue weighted by Gasteiger charge is 2.36. The number of imide groups is 1. The fourth-order valence-electron chi connectivity index (χ4n) is 2.87. The normalized spacial score (nSPS) is 14.8. The van der Waals surface area contributed by atoms with Crippen LogP contribution in [-0.2, 0) is 4.79 Å². The van der Waals surface area contributed by atoms with Crippen LogP contribution in [0.3, 0.4) is 0 Å². The quantitative estimate of drug-likeness (QED) is 0.806. The summed E-state index contributed by atoms with van der Waals surface area (Å²) in [5, 5.41) is 5.59. The third kappa shape index (κ3) is 3.61. The van der Waals surface area contributed by atoms with E-state index in [-0.39, 0.29) is 18.5 Å². The maximum Gasteiger partial charge on any atom is 0.262 e. The molecule has 25 heavy (non-hydrogen) atoms. The molecule has 1 aliphatic heterocycles. The number of hydrogen-bond donors (Lipinski definition) is 1. The lowest BCUT2D eigenvalue weighted by Crippen LogP contribution is -2.41. The second-order valence-corrected chi connectivity index (χ2v) is 7.29. The summed E-state index contributed by atoms with van der Waals surface area (Å²) in [5.41, 5.74) is 0.693. The summed E-state index contributed by atoms with van der Waals surface area (Å²) in [6.07, 6.45) is 2.44. The zero-order valence-corrected chi connectivity index (χ0v) is 14.9. The smallest absolute Gasteiger partial charge is 0.262 e. The third-order valence-corrected chi connectivity index (χ3v) is 4.86. The van der Waals surface area contributed by atoms with Gasteiger partial charge in [0, 0.05) is 11.6 Å². The van der Waals surface area contributed by atoms with Crippen molar-refractivity contribution in [3.05, 3.63) is 52.0 Å². The van der Waals surface area contributed by atoms with Crippen molar-refractivity contribution in [3.63, 3.8) is 0 Å². The van der Waals surface area contributed by atoms with Crippen molar-refractivity contribution < 1.29 is 14.4 Å². The van der Waals surface area contributed by atoms with Crippen LogP contribution in [0.1, 0.15) is 52.0 Å². The van der Waals surface area contributed by atoms with Crippen LogP contribution in [0.2, 0.25) is 0 Å². The Labute approximate surface area is 149 Å². The van der Waals surface area contributed by atoms with Gasteiger partial charge in [0.1, 0.15) is 11.6 Å². The van der Waals surface area contributed by atoms with Crippen LogP contribution in [-0.4, -0.2) is 34.2 Å². The monoisotopic (exact) mass is 357 g/mol. The second-order valence-electron chi connectivity index (χ2n) is 6.36. The van der Waals surface area contributed by atoms with Gasteiger partial charge >= 0.3 is 0 Å². The van der Waals surface area contributed by atoms with E-state index in [4.69, 9.17) is 0 Å². The number of nitrogens with zero attached hydrogens (tertiary/aromatic N) is 2. The number of thiazole rings is 1. The maximum atomic E-state index is 12.4. The average molecular weight is 357 g/mol. The zero-order valence-electron chi connectivity index (χ0n) is 14.1. The lowest BCUT2D eigenvalue weighted by Gasteiger charge is -2.20. The lowest BCUT2D eigenvalue weighted by molar-refractivity contribution is -0.122. The predicted octanol–water partition coefficient (Wildman–Crippen LogP) is 2.64. The minimum Gasteiger partial charge on any atom is -0.345 e. The molecule has 0 saturated carbocycles. The lowest BCUT2D eigenvalue weighted by atomic mass is 10.0. The predicted molar refractivity (Wildman–Crippen MR) is 94.3 cm³/mol.